The van der Waals surface area contributed by atoms with E-state index in [1.54, 1.807) is 24.3 Å². The Labute approximate surface area is 145 Å². The molecule has 6 nitrogen and oxygen atoms in total. The minimum absolute atomic E-state index is 0.263. The molecule has 0 amide bonds. The molecule has 2 aromatic rings. The first-order valence-electron chi connectivity index (χ1n) is 7.82. The van der Waals surface area contributed by atoms with Gasteiger partial charge in [0.05, 0.1) is 0 Å². The molecule has 0 aliphatic rings. The van der Waals surface area contributed by atoms with Gasteiger partial charge in [0.2, 0.25) is 0 Å². The zero-order chi connectivity index (χ0) is 18.2. The lowest BCUT2D eigenvalue weighted by Crippen LogP contribution is -2.09. The molecule has 6 heteroatoms. The van der Waals surface area contributed by atoms with Crippen molar-refractivity contribution in [2.75, 3.05) is 13.2 Å². The van der Waals surface area contributed by atoms with Gasteiger partial charge >= 0.3 is 11.9 Å². The summed E-state index contributed by atoms with van der Waals surface area (Å²) in [6, 6.07) is 14.7. The third-order valence-corrected chi connectivity index (χ3v) is 3.64. The van der Waals surface area contributed by atoms with Crippen LogP contribution >= 0.6 is 0 Å². The van der Waals surface area contributed by atoms with E-state index in [-0.39, 0.29) is 19.1 Å². The second-order valence-electron chi connectivity index (χ2n) is 5.68. The maximum absolute atomic E-state index is 10.5. The standard InChI is InChI=1S/C19H20O6/c1-13(15-4-8-17(9-5-15)25-12-19(22)23)10-14-2-6-16(7-3-14)24-11-18(20)21/h2-9,13H,10-12H2,1H3,(H,20,21)(H,22,23). The van der Waals surface area contributed by atoms with Gasteiger partial charge in [-0.25, -0.2) is 9.59 Å². The lowest BCUT2D eigenvalue weighted by atomic mass is 9.94. The second-order valence-corrected chi connectivity index (χ2v) is 5.68. The number of carboxylic acid groups (broad SMARTS) is 2. The van der Waals surface area contributed by atoms with Crippen LogP contribution in [0, 0.1) is 0 Å². The lowest BCUT2D eigenvalue weighted by Gasteiger charge is -2.13. The van der Waals surface area contributed by atoms with E-state index in [1.807, 2.05) is 24.3 Å². The van der Waals surface area contributed by atoms with Gasteiger partial charge in [-0.3, -0.25) is 0 Å². The summed E-state index contributed by atoms with van der Waals surface area (Å²) in [6.07, 6.45) is 0.814. The van der Waals surface area contributed by atoms with Crippen molar-refractivity contribution in [1.82, 2.24) is 0 Å². The van der Waals surface area contributed by atoms with Crippen LogP contribution in [0.25, 0.3) is 0 Å². The molecule has 0 bridgehead atoms. The summed E-state index contributed by atoms with van der Waals surface area (Å²) in [5.74, 6) is -0.696. The van der Waals surface area contributed by atoms with Gasteiger partial charge in [-0.1, -0.05) is 31.2 Å². The van der Waals surface area contributed by atoms with E-state index in [0.717, 1.165) is 17.5 Å². The molecule has 0 fully saturated rings. The minimum Gasteiger partial charge on any atom is -0.482 e. The monoisotopic (exact) mass is 344 g/mol. The molecule has 0 spiro atoms. The van der Waals surface area contributed by atoms with Crippen molar-refractivity contribution >= 4 is 11.9 Å². The first kappa shape index (κ1) is 18.3. The van der Waals surface area contributed by atoms with Crippen molar-refractivity contribution in [3.8, 4) is 11.5 Å². The summed E-state index contributed by atoms with van der Waals surface area (Å²) in [6.45, 7) is 1.39. The number of carboxylic acids is 2. The molecule has 2 aromatic carbocycles. The highest BCUT2D eigenvalue weighted by atomic mass is 16.5. The highest BCUT2D eigenvalue weighted by molar-refractivity contribution is 5.68. The molecule has 132 valence electrons. The number of benzene rings is 2. The van der Waals surface area contributed by atoms with E-state index in [0.29, 0.717) is 11.5 Å². The zero-order valence-electron chi connectivity index (χ0n) is 13.8. The number of ether oxygens (including phenoxy) is 2. The number of hydrogen-bond donors (Lipinski definition) is 2. The Bertz CT molecular complexity index is 706. The third-order valence-electron chi connectivity index (χ3n) is 3.64. The Morgan fingerprint density at radius 3 is 1.72 bits per heavy atom. The van der Waals surface area contributed by atoms with E-state index >= 15 is 0 Å². The quantitative estimate of drug-likeness (QED) is 0.726. The molecule has 0 saturated heterocycles. The van der Waals surface area contributed by atoms with Crippen molar-refractivity contribution in [2.24, 2.45) is 0 Å². The average molecular weight is 344 g/mol. The Balaban J connectivity index is 1.91. The van der Waals surface area contributed by atoms with Crippen LogP contribution in [0.15, 0.2) is 48.5 Å². The Morgan fingerprint density at radius 1 is 0.840 bits per heavy atom. The molecule has 1 unspecified atom stereocenters. The number of hydrogen-bond acceptors (Lipinski definition) is 4. The maximum Gasteiger partial charge on any atom is 0.341 e. The molecule has 0 aromatic heterocycles. The lowest BCUT2D eigenvalue weighted by molar-refractivity contribution is -0.140. The molecule has 0 aliphatic carbocycles. The largest absolute Gasteiger partial charge is 0.482 e. The van der Waals surface area contributed by atoms with Crippen LogP contribution in [-0.4, -0.2) is 35.4 Å². The zero-order valence-corrected chi connectivity index (χ0v) is 13.8. The van der Waals surface area contributed by atoms with Crippen LogP contribution in [0.1, 0.15) is 24.0 Å². The van der Waals surface area contributed by atoms with Crippen molar-refractivity contribution in [1.29, 1.82) is 0 Å². The fourth-order valence-electron chi connectivity index (χ4n) is 2.38. The highest BCUT2D eigenvalue weighted by Gasteiger charge is 2.08. The minimum atomic E-state index is -1.01. The first-order chi connectivity index (χ1) is 11.9. The van der Waals surface area contributed by atoms with Crippen LogP contribution < -0.4 is 9.47 Å². The second kappa shape index (κ2) is 8.73. The van der Waals surface area contributed by atoms with Crippen molar-refractivity contribution in [3.63, 3.8) is 0 Å². The Kier molecular flexibility index (Phi) is 6.39. The van der Waals surface area contributed by atoms with Crippen molar-refractivity contribution < 1.29 is 29.3 Å². The van der Waals surface area contributed by atoms with Gasteiger partial charge < -0.3 is 19.7 Å². The molecule has 2 rings (SSSR count). The predicted octanol–water partition coefficient (Wildman–Crippen LogP) is 2.96. The SMILES string of the molecule is CC(Cc1ccc(OCC(=O)O)cc1)c1ccc(OCC(=O)O)cc1. The number of rotatable bonds is 9. The molecule has 0 radical (unpaired) electrons. The van der Waals surface area contributed by atoms with Gasteiger partial charge in [0.1, 0.15) is 11.5 Å². The third kappa shape index (κ3) is 6.18. The molecule has 0 heterocycles. The Hall–Kier alpha value is -3.02. The molecule has 2 N–H and O–H groups in total. The van der Waals surface area contributed by atoms with E-state index in [4.69, 9.17) is 19.7 Å². The van der Waals surface area contributed by atoms with Crippen LogP contribution in [0.2, 0.25) is 0 Å². The fraction of sp³-hybridized carbons (Fsp3) is 0.263. The van der Waals surface area contributed by atoms with Gasteiger partial charge in [0.25, 0.3) is 0 Å². The van der Waals surface area contributed by atoms with Gasteiger partial charge in [0, 0.05) is 0 Å². The van der Waals surface area contributed by atoms with Crippen LogP contribution in [0.3, 0.4) is 0 Å². The highest BCUT2D eigenvalue weighted by Crippen LogP contribution is 2.24. The Morgan fingerprint density at radius 2 is 1.28 bits per heavy atom. The van der Waals surface area contributed by atoms with Gasteiger partial charge in [-0.15, -0.1) is 0 Å². The summed E-state index contributed by atoms with van der Waals surface area (Å²) in [5.41, 5.74) is 2.23. The normalized spacial score (nSPS) is 11.6. The van der Waals surface area contributed by atoms with Crippen molar-refractivity contribution in [3.05, 3.63) is 59.7 Å². The van der Waals surface area contributed by atoms with Crippen LogP contribution in [0.5, 0.6) is 11.5 Å². The summed E-state index contributed by atoms with van der Waals surface area (Å²) < 4.78 is 10.2. The first-order valence-corrected chi connectivity index (χ1v) is 7.82. The van der Waals surface area contributed by atoms with Gasteiger partial charge in [-0.2, -0.15) is 0 Å². The van der Waals surface area contributed by atoms with Crippen LogP contribution in [0.4, 0.5) is 0 Å². The summed E-state index contributed by atoms with van der Waals surface area (Å²) in [5, 5.41) is 17.2. The van der Waals surface area contributed by atoms with E-state index in [1.165, 1.54) is 0 Å². The predicted molar refractivity (Wildman–Crippen MR) is 91.3 cm³/mol. The summed E-state index contributed by atoms with van der Waals surface area (Å²) >= 11 is 0. The van der Waals surface area contributed by atoms with E-state index in [9.17, 15) is 9.59 Å². The topological polar surface area (TPSA) is 93.1 Å². The fourth-order valence-corrected chi connectivity index (χ4v) is 2.38. The summed E-state index contributed by atoms with van der Waals surface area (Å²) in [4.78, 5) is 21.0. The number of aliphatic carboxylic acids is 2. The van der Waals surface area contributed by atoms with Crippen molar-refractivity contribution in [2.45, 2.75) is 19.3 Å². The molecule has 0 aliphatic heterocycles. The van der Waals surface area contributed by atoms with Gasteiger partial charge in [0.15, 0.2) is 13.2 Å². The van der Waals surface area contributed by atoms with Crippen LogP contribution in [-0.2, 0) is 16.0 Å². The molecule has 25 heavy (non-hydrogen) atoms. The molecular formula is C19H20O6. The average Bonchev–Trinajstić information content (AvgIpc) is 2.59. The smallest absolute Gasteiger partial charge is 0.341 e. The van der Waals surface area contributed by atoms with Gasteiger partial charge in [-0.05, 0) is 47.7 Å². The molecule has 0 saturated carbocycles. The van der Waals surface area contributed by atoms with E-state index in [2.05, 4.69) is 6.92 Å². The molecular weight excluding hydrogens is 324 g/mol. The van der Waals surface area contributed by atoms with E-state index < -0.39 is 11.9 Å². The summed E-state index contributed by atoms with van der Waals surface area (Å²) in [7, 11) is 0. The number of carbonyl (C=O) groups is 2. The molecule has 1 atom stereocenters. The maximum atomic E-state index is 10.5.